The fourth-order valence-electron chi connectivity index (χ4n) is 3.16. The lowest BCUT2D eigenvalue weighted by Gasteiger charge is -2.22. The molecule has 0 saturated heterocycles. The first kappa shape index (κ1) is 23.9. The lowest BCUT2D eigenvalue weighted by atomic mass is 10.0. The van der Waals surface area contributed by atoms with Crippen molar-refractivity contribution in [1.29, 1.82) is 0 Å². The lowest BCUT2D eigenvalue weighted by Crippen LogP contribution is -2.49. The van der Waals surface area contributed by atoms with Crippen LogP contribution in [-0.2, 0) is 31.4 Å². The van der Waals surface area contributed by atoms with Gasteiger partial charge in [0.25, 0.3) is 0 Å². The summed E-state index contributed by atoms with van der Waals surface area (Å²) < 4.78 is 51.1. The average Bonchev–Trinajstić information content (AvgIpc) is 2.75. The lowest BCUT2D eigenvalue weighted by molar-refractivity contribution is -0.123. The van der Waals surface area contributed by atoms with Gasteiger partial charge < -0.3 is 5.32 Å². The molecular formula is C22H25N3O5S2. The third-order valence-electron chi connectivity index (χ3n) is 4.98. The molecule has 0 aliphatic rings. The van der Waals surface area contributed by atoms with Crippen LogP contribution in [0, 0.1) is 5.92 Å². The zero-order valence-corrected chi connectivity index (χ0v) is 19.3. The number of amides is 1. The molecule has 0 aliphatic carbocycles. The highest BCUT2D eigenvalue weighted by molar-refractivity contribution is 7.89. The third-order valence-corrected chi connectivity index (χ3v) is 7.35. The van der Waals surface area contributed by atoms with E-state index in [9.17, 15) is 21.6 Å². The first-order valence-corrected chi connectivity index (χ1v) is 12.9. The number of sulfonamides is 2. The number of nitrogens with two attached hydrogens (primary N) is 1. The molecule has 3 aromatic rings. The van der Waals surface area contributed by atoms with E-state index in [0.717, 1.165) is 10.8 Å². The average molecular weight is 476 g/mol. The summed E-state index contributed by atoms with van der Waals surface area (Å²) in [6.45, 7) is 3.59. The molecule has 0 aromatic heterocycles. The van der Waals surface area contributed by atoms with Gasteiger partial charge in [-0.05, 0) is 46.5 Å². The van der Waals surface area contributed by atoms with Crippen molar-refractivity contribution in [2.24, 2.45) is 11.1 Å². The molecule has 0 heterocycles. The van der Waals surface area contributed by atoms with E-state index < -0.39 is 32.0 Å². The molecular weight excluding hydrogens is 450 g/mol. The molecule has 0 spiro atoms. The van der Waals surface area contributed by atoms with Crippen molar-refractivity contribution in [1.82, 2.24) is 10.0 Å². The van der Waals surface area contributed by atoms with Crippen LogP contribution in [0.4, 0.5) is 0 Å². The molecule has 32 heavy (non-hydrogen) atoms. The molecule has 1 atom stereocenters. The van der Waals surface area contributed by atoms with Crippen LogP contribution < -0.4 is 15.2 Å². The zero-order chi connectivity index (χ0) is 23.5. The topological polar surface area (TPSA) is 135 Å². The molecule has 1 amide bonds. The second kappa shape index (κ2) is 9.37. The van der Waals surface area contributed by atoms with Gasteiger partial charge in [0.15, 0.2) is 0 Å². The Morgan fingerprint density at radius 1 is 0.875 bits per heavy atom. The van der Waals surface area contributed by atoms with E-state index in [0.29, 0.717) is 5.56 Å². The predicted octanol–water partition coefficient (Wildman–Crippen LogP) is 2.11. The quantitative estimate of drug-likeness (QED) is 0.458. The maximum atomic E-state index is 12.9. The Morgan fingerprint density at radius 3 is 2.06 bits per heavy atom. The Bertz CT molecular complexity index is 1340. The summed E-state index contributed by atoms with van der Waals surface area (Å²) in [7, 11) is -7.74. The van der Waals surface area contributed by atoms with E-state index in [2.05, 4.69) is 10.0 Å². The molecule has 4 N–H and O–H groups in total. The van der Waals surface area contributed by atoms with Crippen molar-refractivity contribution >= 4 is 36.7 Å². The van der Waals surface area contributed by atoms with E-state index in [1.807, 2.05) is 24.3 Å². The summed E-state index contributed by atoms with van der Waals surface area (Å²) >= 11 is 0. The second-order valence-electron chi connectivity index (χ2n) is 7.76. The zero-order valence-electron chi connectivity index (χ0n) is 17.6. The highest BCUT2D eigenvalue weighted by Gasteiger charge is 2.28. The van der Waals surface area contributed by atoms with Crippen LogP contribution in [-0.4, -0.2) is 28.8 Å². The first-order valence-electron chi connectivity index (χ1n) is 9.88. The highest BCUT2D eigenvalue weighted by atomic mass is 32.2. The molecule has 0 aliphatic heterocycles. The van der Waals surface area contributed by atoms with E-state index in [1.165, 1.54) is 30.3 Å². The summed E-state index contributed by atoms with van der Waals surface area (Å²) in [5.41, 5.74) is 0.644. The van der Waals surface area contributed by atoms with E-state index in [4.69, 9.17) is 5.14 Å². The molecule has 1 unspecified atom stereocenters. The fraction of sp³-hybridized carbons (Fsp3) is 0.227. The Balaban J connectivity index is 1.73. The number of hydrogen-bond donors (Lipinski definition) is 3. The van der Waals surface area contributed by atoms with Crippen molar-refractivity contribution in [2.45, 2.75) is 36.2 Å². The normalized spacial score (nSPS) is 13.2. The number of nitrogens with one attached hydrogen (secondary N) is 2. The van der Waals surface area contributed by atoms with Gasteiger partial charge in [-0.2, -0.15) is 4.72 Å². The third kappa shape index (κ3) is 5.71. The number of fused-ring (bicyclic) bond motifs is 1. The van der Waals surface area contributed by atoms with Gasteiger partial charge in [0.1, 0.15) is 6.04 Å². The molecule has 3 rings (SSSR count). The van der Waals surface area contributed by atoms with Crippen LogP contribution in [0.5, 0.6) is 0 Å². The predicted molar refractivity (Wildman–Crippen MR) is 123 cm³/mol. The number of primary sulfonamides is 1. The maximum Gasteiger partial charge on any atom is 0.241 e. The van der Waals surface area contributed by atoms with Crippen LogP contribution in [0.3, 0.4) is 0 Å². The number of rotatable bonds is 8. The van der Waals surface area contributed by atoms with Crippen LogP contribution in [0.2, 0.25) is 0 Å². The van der Waals surface area contributed by atoms with Crippen molar-refractivity contribution in [2.75, 3.05) is 0 Å². The number of carbonyl (C=O) groups is 1. The van der Waals surface area contributed by atoms with Gasteiger partial charge in [-0.3, -0.25) is 4.79 Å². The van der Waals surface area contributed by atoms with Gasteiger partial charge in [0.2, 0.25) is 26.0 Å². The molecule has 0 bridgehead atoms. The van der Waals surface area contributed by atoms with Crippen molar-refractivity contribution in [3.05, 3.63) is 72.3 Å². The monoisotopic (exact) mass is 475 g/mol. The van der Waals surface area contributed by atoms with Crippen molar-refractivity contribution < 1.29 is 21.6 Å². The van der Waals surface area contributed by atoms with Crippen LogP contribution in [0.25, 0.3) is 10.8 Å². The summed E-state index contributed by atoms with van der Waals surface area (Å²) in [5, 5.41) is 9.47. The molecule has 170 valence electrons. The molecule has 3 aromatic carbocycles. The first-order chi connectivity index (χ1) is 15.0. The maximum absolute atomic E-state index is 12.9. The molecule has 0 fully saturated rings. The van der Waals surface area contributed by atoms with Crippen LogP contribution >= 0.6 is 0 Å². The second-order valence-corrected chi connectivity index (χ2v) is 11.0. The Hall–Kier alpha value is -2.79. The Labute approximate surface area is 187 Å². The van der Waals surface area contributed by atoms with E-state index >= 15 is 0 Å². The smallest absolute Gasteiger partial charge is 0.241 e. The number of benzene rings is 3. The summed E-state index contributed by atoms with van der Waals surface area (Å²) in [5.74, 6) is -0.796. The molecule has 0 saturated carbocycles. The standard InChI is InChI=1S/C22H25N3O5S2/c1-15(2)21(22(26)24-14-16-7-10-19(11-8-16)31(23,27)28)25-32(29,30)20-12-9-17-5-3-4-6-18(17)13-20/h3-13,15,21,25H,14H2,1-2H3,(H,24,26)(H2,23,27,28). The van der Waals surface area contributed by atoms with Crippen molar-refractivity contribution in [3.8, 4) is 0 Å². The van der Waals surface area contributed by atoms with Gasteiger partial charge in [0, 0.05) is 6.54 Å². The van der Waals surface area contributed by atoms with Gasteiger partial charge >= 0.3 is 0 Å². The fourth-order valence-corrected chi connectivity index (χ4v) is 5.05. The van der Waals surface area contributed by atoms with Gasteiger partial charge in [0.05, 0.1) is 9.79 Å². The SMILES string of the molecule is CC(C)C(NS(=O)(=O)c1ccc2ccccc2c1)C(=O)NCc1ccc(S(N)(=O)=O)cc1. The van der Waals surface area contributed by atoms with Gasteiger partial charge in [-0.25, -0.2) is 22.0 Å². The molecule has 0 radical (unpaired) electrons. The summed E-state index contributed by atoms with van der Waals surface area (Å²) in [4.78, 5) is 12.8. The Morgan fingerprint density at radius 2 is 1.47 bits per heavy atom. The minimum atomic E-state index is -3.94. The van der Waals surface area contributed by atoms with Crippen LogP contribution in [0.15, 0.2) is 76.5 Å². The Kier molecular flexibility index (Phi) is 6.99. The van der Waals surface area contributed by atoms with E-state index in [-0.39, 0.29) is 22.3 Å². The van der Waals surface area contributed by atoms with Gasteiger partial charge in [-0.1, -0.05) is 56.3 Å². The van der Waals surface area contributed by atoms with Crippen molar-refractivity contribution in [3.63, 3.8) is 0 Å². The van der Waals surface area contributed by atoms with Crippen LogP contribution in [0.1, 0.15) is 19.4 Å². The number of carbonyl (C=O) groups excluding carboxylic acids is 1. The minimum Gasteiger partial charge on any atom is -0.351 e. The summed E-state index contributed by atoms with van der Waals surface area (Å²) in [6, 6.07) is 17.0. The minimum absolute atomic E-state index is 0.0317. The molecule has 10 heteroatoms. The highest BCUT2D eigenvalue weighted by Crippen LogP contribution is 2.20. The largest absolute Gasteiger partial charge is 0.351 e. The number of hydrogen-bond acceptors (Lipinski definition) is 5. The summed E-state index contributed by atoms with van der Waals surface area (Å²) in [6.07, 6.45) is 0. The van der Waals surface area contributed by atoms with Gasteiger partial charge in [-0.15, -0.1) is 0 Å². The van der Waals surface area contributed by atoms with E-state index in [1.54, 1.807) is 26.0 Å². The molecule has 8 nitrogen and oxygen atoms in total.